The van der Waals surface area contributed by atoms with E-state index in [9.17, 15) is 19.2 Å². The molecular weight excluding hydrogens is 410 g/mol. The van der Waals surface area contributed by atoms with Gasteiger partial charge in [0.1, 0.15) is 11.5 Å². The number of para-hydroxylation sites is 1. The van der Waals surface area contributed by atoms with Crippen LogP contribution in [-0.4, -0.2) is 34.3 Å². The summed E-state index contributed by atoms with van der Waals surface area (Å²) in [5.41, 5.74) is 5.98. The van der Waals surface area contributed by atoms with Gasteiger partial charge < -0.3 is 16.0 Å². The first-order chi connectivity index (χ1) is 15.1. The van der Waals surface area contributed by atoms with Crippen molar-refractivity contribution >= 4 is 28.9 Å². The normalized spacial score (nSPS) is 10.9. The summed E-state index contributed by atoms with van der Waals surface area (Å²) in [6.07, 6.45) is 2.30. The van der Waals surface area contributed by atoms with E-state index in [1.54, 1.807) is 29.2 Å². The number of aromatic amines is 1. The molecular formula is C23H33N5O4. The zero-order valence-corrected chi connectivity index (χ0v) is 19.2. The number of unbranched alkanes of at least 4 members (excludes halogenated alkanes) is 1. The Labute approximate surface area is 187 Å². The number of nitrogen functional groups attached to an aromatic ring is 1. The molecule has 174 valence electrons. The lowest BCUT2D eigenvalue weighted by molar-refractivity contribution is -0.115. The lowest BCUT2D eigenvalue weighted by atomic mass is 10.1. The number of nitrogens with two attached hydrogens (primary N) is 1. The van der Waals surface area contributed by atoms with Crippen molar-refractivity contribution in [2.75, 3.05) is 29.0 Å². The van der Waals surface area contributed by atoms with Gasteiger partial charge in [-0.05, 0) is 37.8 Å². The number of amides is 1. The summed E-state index contributed by atoms with van der Waals surface area (Å²) in [6.45, 7) is 8.12. The highest BCUT2D eigenvalue weighted by Gasteiger charge is 2.22. The minimum Gasteiger partial charge on any atom is -0.383 e. The van der Waals surface area contributed by atoms with E-state index in [0.717, 1.165) is 12.8 Å². The molecule has 4 N–H and O–H groups in total. The molecule has 1 aromatic carbocycles. The lowest BCUT2D eigenvalue weighted by Crippen LogP contribution is -2.42. The fraction of sp³-hybridized carbons (Fsp3) is 0.478. The van der Waals surface area contributed by atoms with Crippen molar-refractivity contribution in [2.24, 2.45) is 5.92 Å². The Morgan fingerprint density at radius 1 is 1.22 bits per heavy atom. The zero-order chi connectivity index (χ0) is 23.8. The first-order valence-corrected chi connectivity index (χ1v) is 10.9. The predicted molar refractivity (Wildman–Crippen MR) is 127 cm³/mol. The van der Waals surface area contributed by atoms with E-state index in [1.165, 1.54) is 11.5 Å². The maximum atomic E-state index is 12.9. The molecule has 0 fully saturated rings. The summed E-state index contributed by atoms with van der Waals surface area (Å²) in [7, 11) is 0. The molecule has 0 unspecified atom stereocenters. The average Bonchev–Trinajstić information content (AvgIpc) is 2.71. The van der Waals surface area contributed by atoms with E-state index in [1.807, 2.05) is 20.8 Å². The van der Waals surface area contributed by atoms with Crippen LogP contribution in [0.2, 0.25) is 0 Å². The number of rotatable bonds is 11. The molecule has 0 aliphatic carbocycles. The van der Waals surface area contributed by atoms with Crippen LogP contribution in [0.5, 0.6) is 0 Å². The number of nitrogens with one attached hydrogen (secondary N) is 2. The van der Waals surface area contributed by atoms with Crippen molar-refractivity contribution < 1.29 is 9.59 Å². The maximum Gasteiger partial charge on any atom is 0.330 e. The van der Waals surface area contributed by atoms with Crippen LogP contribution >= 0.6 is 0 Å². The van der Waals surface area contributed by atoms with Crippen LogP contribution in [0.4, 0.5) is 17.2 Å². The summed E-state index contributed by atoms with van der Waals surface area (Å²) in [4.78, 5) is 53.6. The van der Waals surface area contributed by atoms with Gasteiger partial charge in [-0.2, -0.15) is 0 Å². The molecule has 9 heteroatoms. The van der Waals surface area contributed by atoms with E-state index in [4.69, 9.17) is 5.73 Å². The third-order valence-corrected chi connectivity index (χ3v) is 5.16. The Balaban J connectivity index is 2.39. The van der Waals surface area contributed by atoms with E-state index in [2.05, 4.69) is 10.3 Å². The number of H-pyrrole nitrogens is 1. The Morgan fingerprint density at radius 2 is 1.91 bits per heavy atom. The van der Waals surface area contributed by atoms with Gasteiger partial charge in [-0.25, -0.2) is 4.79 Å². The standard InChI is InChI=1S/C23H33N5O4/c1-5-6-12-28-21(24)20(22(31)26-23(28)32)27(13-11-15(2)3)14-19(30)25-18-10-8-7-9-17(18)16(4)29/h7-10,15H,5-6,11-14,24H2,1-4H3,(H,25,30)(H,26,31,32). The topological polar surface area (TPSA) is 130 Å². The number of aromatic nitrogens is 2. The zero-order valence-electron chi connectivity index (χ0n) is 19.2. The van der Waals surface area contributed by atoms with E-state index in [0.29, 0.717) is 36.7 Å². The summed E-state index contributed by atoms with van der Waals surface area (Å²) >= 11 is 0. The van der Waals surface area contributed by atoms with Crippen molar-refractivity contribution in [1.82, 2.24) is 9.55 Å². The SMILES string of the molecule is CCCCn1c(N)c(N(CCC(C)C)CC(=O)Nc2ccccc2C(C)=O)c(=O)[nH]c1=O. The number of carbonyl (C=O) groups excluding carboxylic acids is 2. The van der Waals surface area contributed by atoms with Gasteiger partial charge >= 0.3 is 5.69 Å². The number of hydrogen-bond acceptors (Lipinski definition) is 6. The number of Topliss-reactive ketones (excluding diaryl/α,β-unsaturated/α-hetero) is 1. The molecule has 0 bridgehead atoms. The third kappa shape index (κ3) is 6.32. The monoisotopic (exact) mass is 443 g/mol. The number of anilines is 3. The van der Waals surface area contributed by atoms with Crippen molar-refractivity contribution in [3.8, 4) is 0 Å². The highest BCUT2D eigenvalue weighted by molar-refractivity contribution is 6.04. The molecule has 1 amide bonds. The van der Waals surface area contributed by atoms with Gasteiger partial charge in [0, 0.05) is 18.7 Å². The lowest BCUT2D eigenvalue weighted by Gasteiger charge is -2.26. The molecule has 0 atom stereocenters. The van der Waals surface area contributed by atoms with Crippen molar-refractivity contribution in [3.63, 3.8) is 0 Å². The van der Waals surface area contributed by atoms with Crippen molar-refractivity contribution in [1.29, 1.82) is 0 Å². The van der Waals surface area contributed by atoms with E-state index in [-0.39, 0.29) is 23.8 Å². The molecule has 0 radical (unpaired) electrons. The number of nitrogens with zero attached hydrogens (tertiary/aromatic N) is 2. The largest absolute Gasteiger partial charge is 0.383 e. The van der Waals surface area contributed by atoms with Crippen molar-refractivity contribution in [3.05, 3.63) is 50.7 Å². The molecule has 2 rings (SSSR count). The molecule has 0 aliphatic heterocycles. The quantitative estimate of drug-likeness (QED) is 0.458. The summed E-state index contributed by atoms with van der Waals surface area (Å²) in [5, 5.41) is 2.76. The molecule has 9 nitrogen and oxygen atoms in total. The van der Waals surface area contributed by atoms with E-state index >= 15 is 0 Å². The second-order valence-corrected chi connectivity index (χ2v) is 8.25. The van der Waals surface area contributed by atoms with Crippen LogP contribution in [0.3, 0.4) is 0 Å². The average molecular weight is 444 g/mol. The van der Waals surface area contributed by atoms with Crippen molar-refractivity contribution in [2.45, 2.75) is 53.5 Å². The Bertz CT molecular complexity index is 1070. The molecule has 0 saturated heterocycles. The number of ketones is 1. The highest BCUT2D eigenvalue weighted by Crippen LogP contribution is 2.20. The van der Waals surface area contributed by atoms with Gasteiger partial charge in [0.2, 0.25) is 5.91 Å². The van der Waals surface area contributed by atoms with Crippen LogP contribution in [-0.2, 0) is 11.3 Å². The van der Waals surface area contributed by atoms with Crippen LogP contribution < -0.4 is 27.2 Å². The second-order valence-electron chi connectivity index (χ2n) is 8.25. The van der Waals surface area contributed by atoms with Gasteiger partial charge in [-0.1, -0.05) is 39.3 Å². The fourth-order valence-electron chi connectivity index (χ4n) is 3.37. The first-order valence-electron chi connectivity index (χ1n) is 10.9. The Hall–Kier alpha value is -3.36. The second kappa shape index (κ2) is 11.3. The highest BCUT2D eigenvalue weighted by atomic mass is 16.2. The minimum absolute atomic E-state index is 0.0490. The summed E-state index contributed by atoms with van der Waals surface area (Å²) < 4.78 is 1.34. The number of benzene rings is 1. The van der Waals surface area contributed by atoms with Crippen LogP contribution in [0.15, 0.2) is 33.9 Å². The molecule has 0 aliphatic rings. The molecule has 1 heterocycles. The Morgan fingerprint density at radius 3 is 2.53 bits per heavy atom. The Kier molecular flexibility index (Phi) is 8.80. The van der Waals surface area contributed by atoms with Gasteiger partial charge in [0.05, 0.1) is 12.2 Å². The maximum absolute atomic E-state index is 12.9. The predicted octanol–water partition coefficient (Wildman–Crippen LogP) is 2.61. The number of carbonyl (C=O) groups is 2. The van der Waals surface area contributed by atoms with E-state index < -0.39 is 17.2 Å². The molecule has 0 spiro atoms. The van der Waals surface area contributed by atoms with Crippen LogP contribution in [0, 0.1) is 5.92 Å². The number of hydrogen-bond donors (Lipinski definition) is 3. The summed E-state index contributed by atoms with van der Waals surface area (Å²) in [6, 6.07) is 6.74. The summed E-state index contributed by atoms with van der Waals surface area (Å²) in [5.74, 6) is -0.188. The third-order valence-electron chi connectivity index (χ3n) is 5.16. The van der Waals surface area contributed by atoms with Crippen LogP contribution in [0.25, 0.3) is 0 Å². The van der Waals surface area contributed by atoms with Gasteiger partial charge in [0.15, 0.2) is 5.78 Å². The van der Waals surface area contributed by atoms with Crippen LogP contribution in [0.1, 0.15) is 57.3 Å². The van der Waals surface area contributed by atoms with Gasteiger partial charge in [0.25, 0.3) is 5.56 Å². The molecule has 1 aromatic heterocycles. The minimum atomic E-state index is -0.624. The molecule has 32 heavy (non-hydrogen) atoms. The molecule has 0 saturated carbocycles. The molecule has 2 aromatic rings. The first kappa shape index (κ1) is 24.9. The van der Waals surface area contributed by atoms with Gasteiger partial charge in [-0.3, -0.25) is 23.9 Å². The fourth-order valence-corrected chi connectivity index (χ4v) is 3.37. The smallest absolute Gasteiger partial charge is 0.330 e. The van der Waals surface area contributed by atoms with Gasteiger partial charge in [-0.15, -0.1) is 0 Å².